The molecule has 5 saturated heterocycles. The molecule has 6 aromatic rings. The summed E-state index contributed by atoms with van der Waals surface area (Å²) >= 11 is 17.7. The molecule has 2 N–H and O–H groups in total. The second-order valence-corrected chi connectivity index (χ2v) is 42.5. The van der Waals surface area contributed by atoms with E-state index < -0.39 is 60.2 Å². The van der Waals surface area contributed by atoms with Gasteiger partial charge in [-0.3, -0.25) is 29.9 Å². The number of anilines is 4. The van der Waals surface area contributed by atoms with Gasteiger partial charge in [-0.1, -0.05) is 158 Å². The molecule has 5 fully saturated rings. The fourth-order valence-electron chi connectivity index (χ4n) is 9.95. The fourth-order valence-corrected chi connectivity index (χ4v) is 13.1. The Bertz CT molecular complexity index is 3840. The molecule has 4 amide bonds. The van der Waals surface area contributed by atoms with Crippen molar-refractivity contribution < 1.29 is 79.1 Å². The highest BCUT2D eigenvalue weighted by Gasteiger charge is 2.45. The molecule has 11 heterocycles. The van der Waals surface area contributed by atoms with Crippen molar-refractivity contribution in [2.45, 2.75) is 282 Å². The van der Waals surface area contributed by atoms with E-state index in [2.05, 4.69) is 165 Å². The van der Waals surface area contributed by atoms with Crippen molar-refractivity contribution >= 4 is 164 Å². The van der Waals surface area contributed by atoms with E-state index in [0.29, 0.717) is 76.8 Å². The number of halogens is 15. The summed E-state index contributed by atoms with van der Waals surface area (Å²) in [5.74, 6) is -3.92. The molecule has 0 radical (unpaired) electrons. The molecule has 0 atom stereocenters. The van der Waals surface area contributed by atoms with Crippen LogP contribution in [0, 0.1) is 7.14 Å². The number of carbonyl (C=O) groups excluding carboxylic acids is 4. The van der Waals surface area contributed by atoms with Crippen LogP contribution in [0.15, 0.2) is 129 Å². The molecule has 0 saturated carbocycles. The van der Waals surface area contributed by atoms with E-state index in [1.165, 1.54) is 32.0 Å². The first-order chi connectivity index (χ1) is 63.6. The zero-order chi connectivity index (χ0) is 107. The smallest absolute Gasteiger partial charge is 0.444 e. The molecule has 11 rings (SSSR count). The molecule has 0 unspecified atom stereocenters. The van der Waals surface area contributed by atoms with E-state index in [-0.39, 0.29) is 25.3 Å². The zero-order valence-corrected chi connectivity index (χ0v) is 99.4. The van der Waals surface area contributed by atoms with Crippen LogP contribution >= 0.6 is 109 Å². The number of piperazine rings is 5. The predicted octanol–water partition coefficient (Wildman–Crippen LogP) is 29.0. The number of aromatic nitrogens is 6. The third kappa shape index (κ3) is 69.0. The van der Waals surface area contributed by atoms with Crippen LogP contribution in [0.3, 0.4) is 0 Å². The number of amides is 4. The maximum absolute atomic E-state index is 12.7. The van der Waals surface area contributed by atoms with Gasteiger partial charge in [-0.25, -0.2) is 19.2 Å². The molecule has 0 aliphatic carbocycles. The highest BCUT2D eigenvalue weighted by Crippen LogP contribution is 2.34. The summed E-state index contributed by atoms with van der Waals surface area (Å²) in [6.45, 7) is 79.9. The number of hydrogen-bond donors (Lipinski definition) is 2. The third-order valence-corrected chi connectivity index (χ3v) is 20.4. The Balaban J connectivity index is -0.000000229. The van der Waals surface area contributed by atoms with Crippen molar-refractivity contribution in [1.29, 1.82) is 0 Å². The van der Waals surface area contributed by atoms with Crippen LogP contribution in [0.5, 0.6) is 0 Å². The average Bonchev–Trinajstić information content (AvgIpc) is 0.851. The molecule has 0 spiro atoms. The molecule has 6 aromatic heterocycles. The second-order valence-electron chi connectivity index (χ2n) is 31.3. The molecular formula is C96H166Br4F9I2N16O8Si+. The molecule has 24 nitrogen and oxygen atoms in total. The third-order valence-electron chi connectivity index (χ3n) is 15.8. The molecule has 5 aliphatic rings. The summed E-state index contributed by atoms with van der Waals surface area (Å²) in [6.07, 6.45) is 9.10. The fraction of sp³-hybridized carbons (Fsp3) is 0.646. The molecule has 786 valence electrons. The number of ether oxygens (including phenoxy) is 4. The van der Waals surface area contributed by atoms with Crippen molar-refractivity contribution in [2.24, 2.45) is 0 Å². The first-order valence-corrected chi connectivity index (χ1v) is 55.7. The number of pyridine rings is 6. The lowest BCUT2D eigenvalue weighted by Crippen LogP contribution is -2.50. The monoisotopic (exact) mass is 2440 g/mol. The van der Waals surface area contributed by atoms with Crippen molar-refractivity contribution in [3.63, 3.8) is 0 Å². The number of hydrogen-bond acceptors (Lipinski definition) is 20. The Kier molecular flexibility index (Phi) is 82.7. The van der Waals surface area contributed by atoms with Crippen LogP contribution in [-0.2, 0) is 31.3 Å². The first kappa shape index (κ1) is 143. The highest BCUT2D eigenvalue weighted by atomic mass is 127. The van der Waals surface area contributed by atoms with Gasteiger partial charge in [-0.05, 0) is 228 Å². The quantitative estimate of drug-likeness (QED) is 0.0723. The van der Waals surface area contributed by atoms with E-state index in [9.17, 15) is 58.7 Å². The topological polar surface area (TPSA) is 233 Å². The number of carbonyl (C=O) groups is 4. The van der Waals surface area contributed by atoms with Gasteiger partial charge < -0.3 is 68.8 Å². The van der Waals surface area contributed by atoms with E-state index in [1.54, 1.807) is 70.1 Å². The van der Waals surface area contributed by atoms with Crippen molar-refractivity contribution in [3.05, 3.63) is 147 Å². The average molecular weight is 2440 g/mol. The number of rotatable bonds is 4. The zero-order valence-electron chi connectivity index (χ0n) is 88.7. The Hall–Kier alpha value is -5.93. The van der Waals surface area contributed by atoms with Gasteiger partial charge in [0, 0.05) is 206 Å². The van der Waals surface area contributed by atoms with Gasteiger partial charge in [-0.15, -0.1) is 0 Å². The molecular weight excluding hydrogens is 2280 g/mol. The number of nitrogens with one attached hydrogen (secondary N) is 2. The predicted molar refractivity (Wildman–Crippen MR) is 581 cm³/mol. The summed E-state index contributed by atoms with van der Waals surface area (Å²) in [7, 11) is -2.86. The summed E-state index contributed by atoms with van der Waals surface area (Å²) in [4.78, 5) is 85.9. The van der Waals surface area contributed by atoms with Gasteiger partial charge in [0.15, 0.2) is 8.07 Å². The standard InChI is InChI=1S/C15H20F3N3O2.C14H20BrN3O2.C14H20IN3O2.C10H12F3N3.C9H18N2O2.C5H3Br2N.C5H3BrIN.C4H9F3Si.10C2H6/c1-14(2,3)23-13(22)21-6-4-20(5-7-21)12-8-11(9-19-10-12)15(16,17)18;2*1-14(2,3)20-13(19)18-6-4-17(5-7-18)12-8-11(15)9-16-10-12;11-10(12,13)8-5-9(7-15-6-8)16-3-1-14-2-4-16;1-9(2,3)13-8(12)11-6-4-10-5-7-11;2*6-4-1-5(7)3-8-2-4;1-8(2,3)4(5,6)7;10*1-2/h8-10H,4-7H2,1-3H3;2*8-10H,4-7H2,1-3H3;5-7,14H,1-4H2;10H,4-7H2,1-3H3;2*1-3H;1-3H3;10*1-2H3/p+1. The minimum atomic E-state index is -4.42. The summed E-state index contributed by atoms with van der Waals surface area (Å²) in [5, 5.41) is 6.33. The highest BCUT2D eigenvalue weighted by molar-refractivity contribution is 14.1. The second kappa shape index (κ2) is 78.6. The Morgan fingerprint density at radius 1 is 0.301 bits per heavy atom. The number of alkyl halides is 9. The lowest BCUT2D eigenvalue weighted by Gasteiger charge is -2.36. The van der Waals surface area contributed by atoms with Gasteiger partial charge in [-0.2, -0.15) is 39.5 Å². The van der Waals surface area contributed by atoms with Crippen molar-refractivity contribution in [3.8, 4) is 0 Å². The lowest BCUT2D eigenvalue weighted by atomic mass is 10.2. The summed E-state index contributed by atoms with van der Waals surface area (Å²) < 4.78 is 138. The van der Waals surface area contributed by atoms with Gasteiger partial charge >= 0.3 is 44.0 Å². The summed E-state index contributed by atoms with van der Waals surface area (Å²) in [6, 6.07) is 10.3. The van der Waals surface area contributed by atoms with Crippen LogP contribution in [0.25, 0.3) is 0 Å². The van der Waals surface area contributed by atoms with E-state index >= 15 is 0 Å². The van der Waals surface area contributed by atoms with Gasteiger partial charge in [0.1, 0.15) is 22.4 Å². The maximum Gasteiger partial charge on any atom is 1.00 e. The van der Waals surface area contributed by atoms with E-state index in [1.807, 2.05) is 249 Å². The minimum absolute atomic E-state index is 0. The Labute approximate surface area is 875 Å². The van der Waals surface area contributed by atoms with Gasteiger partial charge in [0.25, 0.3) is 0 Å². The maximum atomic E-state index is 12.7. The van der Waals surface area contributed by atoms with Crippen LogP contribution < -0.4 is 30.2 Å². The van der Waals surface area contributed by atoms with E-state index in [0.717, 1.165) is 126 Å². The minimum Gasteiger partial charge on any atom is -0.444 e. The van der Waals surface area contributed by atoms with Crippen molar-refractivity contribution in [1.82, 2.24) is 60.1 Å². The molecule has 136 heavy (non-hydrogen) atoms. The van der Waals surface area contributed by atoms with E-state index in [4.69, 9.17) is 18.9 Å². The first-order valence-electron chi connectivity index (χ1n) is 46.8. The van der Waals surface area contributed by atoms with Gasteiger partial charge in [0.2, 0.25) is 0 Å². The van der Waals surface area contributed by atoms with Gasteiger partial charge in [0.05, 0.1) is 58.7 Å². The van der Waals surface area contributed by atoms with Crippen LogP contribution in [0.4, 0.5) is 81.4 Å². The summed E-state index contributed by atoms with van der Waals surface area (Å²) in [5.41, 5.74) is -0.172. The van der Waals surface area contributed by atoms with Crippen LogP contribution in [0.2, 0.25) is 19.6 Å². The SMILES string of the molecule is Brc1cncc(Br)c1.Brc1cncc(I)c1.CC.CC.CC.CC.CC.CC.CC.CC.CC.CC.CC(C)(C)OC(=O)N1CCN(c2cncc(Br)c2)CC1.CC(C)(C)OC(=O)N1CCN(c2cncc(C(F)(F)F)c2)CC1.CC(C)(C)OC(=O)N1CCN(c2cncc(I)c2)CC1.CC(C)(C)OC(=O)N1CCNCC1.C[Si](C)(C)C(F)(F)F.FC(F)(F)c1cncc(N2CCNCC2)c1.[H+]. The largest absolute Gasteiger partial charge is 1.00 e. The number of nitrogens with zero attached hydrogens (tertiary/aromatic N) is 14. The molecule has 40 heteroatoms. The van der Waals surface area contributed by atoms with Crippen LogP contribution in [0.1, 0.15) is 234 Å². The normalized spacial score (nSPS) is 13.8. The molecule has 0 bridgehead atoms. The lowest BCUT2D eigenvalue weighted by molar-refractivity contribution is -0.138. The molecule has 0 aromatic carbocycles. The Morgan fingerprint density at radius 3 is 0.713 bits per heavy atom. The Morgan fingerprint density at radius 2 is 0.500 bits per heavy atom. The van der Waals surface area contributed by atoms with Crippen LogP contribution in [-0.4, -0.2) is 241 Å². The molecule has 5 aliphatic heterocycles. The van der Waals surface area contributed by atoms with Crippen molar-refractivity contribution in [2.75, 3.05) is 150 Å².